The first kappa shape index (κ1) is 56.5. The minimum Gasteiger partial charge on any atom is -0.442 e. The van der Waals surface area contributed by atoms with Crippen LogP contribution in [0.2, 0.25) is 0 Å². The van der Waals surface area contributed by atoms with Crippen molar-refractivity contribution in [1.29, 1.82) is 0 Å². The molecule has 5 rings (SSSR count). The lowest BCUT2D eigenvalue weighted by atomic mass is 10.2. The summed E-state index contributed by atoms with van der Waals surface area (Å²) in [6.45, 7) is 29.6. The molecule has 0 aliphatic carbocycles. The SMILES string of the molecule is C.CC(C)(C)OC(=O)OC(=O)OC(C)(C)C.CCN(CC)CC.CN(C)c1ccncc1.Cc1cc(Br)cc2cn[nH]c12.Cc1cc(Br)cc2cnn(C(=O)OC(C)(C)C)c12. The molecule has 3 heterocycles. The van der Waals surface area contributed by atoms with Gasteiger partial charge in [-0.05, 0) is 143 Å². The number of H-pyrrole nitrogens is 1. The third-order valence-corrected chi connectivity index (χ3v) is 8.48. The average molecular weight is 980 g/mol. The van der Waals surface area contributed by atoms with Crippen LogP contribution < -0.4 is 4.90 Å². The van der Waals surface area contributed by atoms with Crippen molar-refractivity contribution in [2.24, 2.45) is 0 Å². The molecule has 2 aromatic carbocycles. The number of aromatic amines is 1. The fourth-order valence-electron chi connectivity index (χ4n) is 4.88. The summed E-state index contributed by atoms with van der Waals surface area (Å²) >= 11 is 6.85. The Labute approximate surface area is 380 Å². The van der Waals surface area contributed by atoms with Gasteiger partial charge >= 0.3 is 18.4 Å². The van der Waals surface area contributed by atoms with Gasteiger partial charge in [-0.1, -0.05) is 60.1 Å². The van der Waals surface area contributed by atoms with Crippen LogP contribution in [0.3, 0.4) is 0 Å². The van der Waals surface area contributed by atoms with Gasteiger partial charge in [0, 0.05) is 51.9 Å². The molecule has 61 heavy (non-hydrogen) atoms. The Bertz CT molecular complexity index is 2050. The summed E-state index contributed by atoms with van der Waals surface area (Å²) in [5, 5.41) is 13.1. The van der Waals surface area contributed by atoms with Crippen molar-refractivity contribution in [1.82, 2.24) is 29.9 Å². The van der Waals surface area contributed by atoms with Crippen LogP contribution in [-0.4, -0.2) is 98.8 Å². The van der Waals surface area contributed by atoms with Gasteiger partial charge in [-0.2, -0.15) is 14.9 Å². The lowest BCUT2D eigenvalue weighted by Gasteiger charge is -2.20. The fourth-order valence-corrected chi connectivity index (χ4v) is 6.06. The molecule has 5 aromatic rings. The van der Waals surface area contributed by atoms with Gasteiger partial charge in [0.1, 0.15) is 16.8 Å². The highest BCUT2D eigenvalue weighted by Crippen LogP contribution is 2.25. The normalized spacial score (nSPS) is 10.9. The predicted octanol–water partition coefficient (Wildman–Crippen LogP) is 12.5. The van der Waals surface area contributed by atoms with E-state index in [1.807, 2.05) is 83.2 Å². The summed E-state index contributed by atoms with van der Waals surface area (Å²) in [7, 11) is 4.02. The molecular formula is C45H69Br2N7O7. The molecule has 0 saturated heterocycles. The maximum Gasteiger partial charge on any atom is 0.519 e. The smallest absolute Gasteiger partial charge is 0.442 e. The molecule has 0 atom stereocenters. The third-order valence-electron chi connectivity index (χ3n) is 7.56. The molecule has 1 N–H and O–H groups in total. The number of anilines is 1. The number of carbonyl (C=O) groups excluding carboxylic acids is 3. The maximum absolute atomic E-state index is 12.0. The Morgan fingerprint density at radius 1 is 0.705 bits per heavy atom. The number of hydrogen-bond donors (Lipinski definition) is 1. The first-order valence-electron chi connectivity index (χ1n) is 19.6. The molecule has 0 amide bonds. The molecule has 340 valence electrons. The standard InChI is InChI=1S/C13H15BrN2O2.C10H18O5.C8H7BrN2.C7H10N2.C6H15N.CH4/c1-8-5-10(14)6-9-7-15-16(11(8)9)12(17)18-13(2,3)4;1-9(2,3)14-7(11)13-8(12)15-10(4,5)6;1-5-2-7(9)3-6-4-10-11-8(5)6;1-9(2)7-3-5-8-6-4-7;1-4-7(5-2)6-3;/h5-7H,1-4H3;1-6H3;2-4H,1H3,(H,10,11);3-6H,1-2H3;4-6H2,1-3H3;1H4. The minimum atomic E-state index is -1.06. The van der Waals surface area contributed by atoms with E-state index in [4.69, 9.17) is 14.2 Å². The highest BCUT2D eigenvalue weighted by atomic mass is 79.9. The number of rotatable bonds is 4. The monoisotopic (exact) mass is 977 g/mol. The molecule has 0 saturated carbocycles. The zero-order chi connectivity index (χ0) is 46.0. The summed E-state index contributed by atoms with van der Waals surface area (Å²) in [6, 6.07) is 11.9. The minimum absolute atomic E-state index is 0. The van der Waals surface area contributed by atoms with Crippen molar-refractivity contribution < 1.29 is 33.3 Å². The van der Waals surface area contributed by atoms with Crippen molar-refractivity contribution in [3.05, 3.63) is 81.3 Å². The lowest BCUT2D eigenvalue weighted by Crippen LogP contribution is -2.29. The number of halogens is 2. The Morgan fingerprint density at radius 3 is 1.57 bits per heavy atom. The van der Waals surface area contributed by atoms with E-state index in [0.29, 0.717) is 0 Å². The number of nitrogens with zero attached hydrogens (tertiary/aromatic N) is 6. The van der Waals surface area contributed by atoms with E-state index in [-0.39, 0.29) is 7.43 Å². The van der Waals surface area contributed by atoms with E-state index in [9.17, 15) is 14.4 Å². The largest absolute Gasteiger partial charge is 0.519 e. The summed E-state index contributed by atoms with van der Waals surface area (Å²) in [4.78, 5) is 42.4. The van der Waals surface area contributed by atoms with Gasteiger partial charge < -0.3 is 28.7 Å². The summed E-state index contributed by atoms with van der Waals surface area (Å²) < 4.78 is 22.5. The second-order valence-corrected chi connectivity index (χ2v) is 18.3. The van der Waals surface area contributed by atoms with Crippen LogP contribution in [0, 0.1) is 13.8 Å². The Morgan fingerprint density at radius 2 is 1.16 bits per heavy atom. The highest BCUT2D eigenvalue weighted by molar-refractivity contribution is 9.10. The second-order valence-electron chi connectivity index (χ2n) is 16.5. The van der Waals surface area contributed by atoms with E-state index in [2.05, 4.69) is 95.5 Å². The van der Waals surface area contributed by atoms with Gasteiger partial charge in [-0.15, -0.1) is 0 Å². The molecule has 0 bridgehead atoms. The zero-order valence-corrected chi connectivity index (χ0v) is 41.4. The molecule has 0 radical (unpaired) electrons. The van der Waals surface area contributed by atoms with Gasteiger partial charge in [-0.25, -0.2) is 14.4 Å². The van der Waals surface area contributed by atoms with E-state index < -0.39 is 35.2 Å². The Hall–Kier alpha value is -4.54. The van der Waals surface area contributed by atoms with Crippen LogP contribution in [0.15, 0.2) is 70.1 Å². The van der Waals surface area contributed by atoms with Crippen molar-refractivity contribution in [2.45, 2.75) is 121 Å². The van der Waals surface area contributed by atoms with Crippen LogP contribution in [0.1, 0.15) is 102 Å². The van der Waals surface area contributed by atoms with Crippen LogP contribution in [0.4, 0.5) is 20.1 Å². The predicted molar refractivity (Wildman–Crippen MR) is 255 cm³/mol. The molecule has 0 fully saturated rings. The van der Waals surface area contributed by atoms with Crippen molar-refractivity contribution >= 4 is 77.8 Å². The number of ether oxygens (including phenoxy) is 4. The molecule has 0 aliphatic rings. The van der Waals surface area contributed by atoms with Gasteiger partial charge in [-0.3, -0.25) is 10.1 Å². The van der Waals surface area contributed by atoms with E-state index >= 15 is 0 Å². The lowest BCUT2D eigenvalue weighted by molar-refractivity contribution is -0.0294. The molecule has 0 unspecified atom stereocenters. The average Bonchev–Trinajstić information content (AvgIpc) is 3.76. The van der Waals surface area contributed by atoms with Crippen LogP contribution in [-0.2, 0) is 18.9 Å². The molecule has 14 nitrogen and oxygen atoms in total. The first-order valence-corrected chi connectivity index (χ1v) is 21.2. The molecular weight excluding hydrogens is 910 g/mol. The number of hydrogen-bond acceptors (Lipinski definition) is 12. The molecule has 16 heteroatoms. The van der Waals surface area contributed by atoms with Crippen LogP contribution in [0.25, 0.3) is 21.8 Å². The number of pyridine rings is 1. The summed E-state index contributed by atoms with van der Waals surface area (Å²) in [5.41, 5.74) is 3.36. The van der Waals surface area contributed by atoms with Gasteiger partial charge in [0.15, 0.2) is 0 Å². The van der Waals surface area contributed by atoms with Crippen LogP contribution >= 0.6 is 31.9 Å². The van der Waals surface area contributed by atoms with Gasteiger partial charge in [0.2, 0.25) is 0 Å². The summed E-state index contributed by atoms with van der Waals surface area (Å²) in [5.74, 6) is 0. The van der Waals surface area contributed by atoms with E-state index in [1.54, 1.807) is 60.1 Å². The van der Waals surface area contributed by atoms with Crippen molar-refractivity contribution in [3.8, 4) is 0 Å². The number of benzene rings is 2. The number of aromatic nitrogens is 5. The van der Waals surface area contributed by atoms with Crippen LogP contribution in [0.5, 0.6) is 0 Å². The topological polar surface area (TPSA) is 154 Å². The number of nitrogens with one attached hydrogen (secondary N) is 1. The van der Waals surface area contributed by atoms with Crippen molar-refractivity contribution in [2.75, 3.05) is 38.6 Å². The second kappa shape index (κ2) is 26.1. The zero-order valence-electron chi connectivity index (χ0n) is 38.2. The van der Waals surface area contributed by atoms with E-state index in [0.717, 1.165) is 36.3 Å². The Balaban J connectivity index is 0.000000762. The molecule has 0 aliphatic heterocycles. The third kappa shape index (κ3) is 22.8. The quantitative estimate of drug-likeness (QED) is 0.104. The maximum atomic E-state index is 12.0. The number of aryl methyl sites for hydroxylation is 2. The fraction of sp³-hybridized carbons (Fsp3) is 0.511. The Kier molecular flexibility index (Phi) is 24.1. The number of carbonyl (C=O) groups is 3. The van der Waals surface area contributed by atoms with Crippen molar-refractivity contribution in [3.63, 3.8) is 0 Å². The van der Waals surface area contributed by atoms with Gasteiger partial charge in [0.05, 0.1) is 23.4 Å². The molecule has 0 spiro atoms. The molecule has 3 aromatic heterocycles. The van der Waals surface area contributed by atoms with Gasteiger partial charge in [0.25, 0.3) is 0 Å². The summed E-state index contributed by atoms with van der Waals surface area (Å²) in [6.07, 6.45) is 4.49. The number of fused-ring (bicyclic) bond motifs is 2. The van der Waals surface area contributed by atoms with E-state index in [1.165, 1.54) is 35.6 Å². The first-order chi connectivity index (χ1) is 27.7. The highest BCUT2D eigenvalue weighted by Gasteiger charge is 2.24.